The lowest BCUT2D eigenvalue weighted by Gasteiger charge is -2.39. The number of nitrogens with one attached hydrogen (secondary N) is 1. The monoisotopic (exact) mass is 675 g/mol. The van der Waals surface area contributed by atoms with Gasteiger partial charge >= 0.3 is 6.09 Å². The molecule has 0 aliphatic carbocycles. The number of aromatic nitrogens is 4. The average Bonchev–Trinajstić information content (AvgIpc) is 3.49. The summed E-state index contributed by atoms with van der Waals surface area (Å²) in [4.78, 5) is 24.5. The van der Waals surface area contributed by atoms with Gasteiger partial charge in [-0.1, -0.05) is 27.7 Å². The van der Waals surface area contributed by atoms with Crippen molar-refractivity contribution in [3.63, 3.8) is 0 Å². The number of ether oxygens (including phenoxy) is 2. The normalized spacial score (nSPS) is 16.9. The summed E-state index contributed by atoms with van der Waals surface area (Å²) in [5.74, 6) is 1.17. The summed E-state index contributed by atoms with van der Waals surface area (Å²) in [6.07, 6.45) is 1.97. The van der Waals surface area contributed by atoms with Crippen molar-refractivity contribution in [2.75, 3.05) is 30.5 Å². The van der Waals surface area contributed by atoms with Crippen molar-refractivity contribution >= 4 is 31.9 Å². The second kappa shape index (κ2) is 13.3. The lowest BCUT2D eigenvalue weighted by molar-refractivity contribution is 0.0114. The molecule has 260 valence electrons. The number of amides is 1. The van der Waals surface area contributed by atoms with Crippen molar-refractivity contribution in [2.24, 2.45) is 0 Å². The summed E-state index contributed by atoms with van der Waals surface area (Å²) >= 11 is 0. The summed E-state index contributed by atoms with van der Waals surface area (Å²) in [6, 6.07) is 9.94. The molecule has 1 aliphatic heterocycles. The first-order valence-corrected chi connectivity index (χ1v) is 19.4. The number of fused-ring (bicyclic) bond motifs is 1. The minimum absolute atomic E-state index is 0.00751. The zero-order chi connectivity index (χ0) is 35.9. The maximum atomic E-state index is 13.6. The summed E-state index contributed by atoms with van der Waals surface area (Å²) < 4.78 is 20.1. The zero-order valence-corrected chi connectivity index (χ0v) is 32.0. The fourth-order valence-corrected chi connectivity index (χ4v) is 6.38. The molecular weight excluding hydrogens is 623 g/mol. The molecule has 11 nitrogen and oxygen atoms in total. The standard InChI is InChI=1S/C36H53N7O4Si/c1-24-18-29(43(41-24)17-15-35(8,9)45-11)40-31-38-16-14-28(39-31)25-19-26(21-37)30-27(20-25)36(10,23-46-48(12,13)34(5,6)7)22-42(30)32(44)47-33(2,3)4/h14,16,18-20H,15,17,22-23H2,1-13H3,(H,38,39,40)/t36-/m1/s1. The SMILES string of the molecule is COC(C)(C)CCn1nc(C)cc1Nc1nccc(-c2cc(C#N)c3c(c2)[C@@](C)(CO[Si](C)(C)C(C)(C)C)CN3C(=O)OC(C)(C)C)n1. The van der Waals surface area contributed by atoms with Crippen molar-refractivity contribution in [1.82, 2.24) is 19.7 Å². The van der Waals surface area contributed by atoms with Gasteiger partial charge in [-0.05, 0) is 89.9 Å². The van der Waals surface area contributed by atoms with Gasteiger partial charge in [0.1, 0.15) is 17.5 Å². The van der Waals surface area contributed by atoms with Gasteiger partial charge in [-0.3, -0.25) is 4.90 Å². The van der Waals surface area contributed by atoms with Crippen molar-refractivity contribution in [2.45, 2.75) is 117 Å². The fraction of sp³-hybridized carbons (Fsp3) is 0.583. The molecule has 48 heavy (non-hydrogen) atoms. The Kier molecular flexibility index (Phi) is 10.2. The largest absolute Gasteiger partial charge is 0.443 e. The highest BCUT2D eigenvalue weighted by Crippen LogP contribution is 2.47. The van der Waals surface area contributed by atoms with Gasteiger partial charge in [-0.25, -0.2) is 19.4 Å². The predicted octanol–water partition coefficient (Wildman–Crippen LogP) is 8.11. The Bertz CT molecular complexity index is 1700. The number of methoxy groups -OCH3 is 1. The number of hydrogen-bond donors (Lipinski definition) is 1. The van der Waals surface area contributed by atoms with E-state index in [0.717, 1.165) is 29.1 Å². The Morgan fingerprint density at radius 1 is 1.12 bits per heavy atom. The highest BCUT2D eigenvalue weighted by molar-refractivity contribution is 6.74. The van der Waals surface area contributed by atoms with E-state index >= 15 is 0 Å². The fourth-order valence-electron chi connectivity index (χ4n) is 5.27. The van der Waals surface area contributed by atoms with E-state index in [2.05, 4.69) is 62.3 Å². The molecule has 0 fully saturated rings. The first kappa shape index (κ1) is 37.0. The molecule has 0 bridgehead atoms. The van der Waals surface area contributed by atoms with Crippen molar-refractivity contribution < 1.29 is 18.7 Å². The molecule has 0 spiro atoms. The second-order valence-electron chi connectivity index (χ2n) is 16.2. The summed E-state index contributed by atoms with van der Waals surface area (Å²) in [5.41, 5.74) is 2.44. The van der Waals surface area contributed by atoms with Crippen LogP contribution in [-0.2, 0) is 25.9 Å². The summed E-state index contributed by atoms with van der Waals surface area (Å²) in [5, 5.41) is 18.4. The number of carbonyl (C=O) groups is 1. The van der Waals surface area contributed by atoms with Gasteiger partial charge in [0.05, 0.1) is 28.2 Å². The first-order valence-electron chi connectivity index (χ1n) is 16.5. The molecule has 1 N–H and O–H groups in total. The molecule has 1 amide bonds. The van der Waals surface area contributed by atoms with Crippen molar-refractivity contribution in [1.29, 1.82) is 5.26 Å². The van der Waals surface area contributed by atoms with Crippen LogP contribution in [0.25, 0.3) is 11.3 Å². The Hall–Kier alpha value is -3.79. The minimum Gasteiger partial charge on any atom is -0.443 e. The van der Waals surface area contributed by atoms with Gasteiger partial charge in [0.15, 0.2) is 8.32 Å². The average molecular weight is 676 g/mol. The molecule has 0 saturated heterocycles. The van der Waals surface area contributed by atoms with E-state index in [1.165, 1.54) is 0 Å². The van der Waals surface area contributed by atoms with Crippen LogP contribution in [0.3, 0.4) is 0 Å². The summed E-state index contributed by atoms with van der Waals surface area (Å²) in [7, 11) is -0.426. The lowest BCUT2D eigenvalue weighted by atomic mass is 9.83. The number of nitriles is 1. The molecule has 3 aromatic rings. The molecular formula is C36H53N7O4Si. The van der Waals surface area contributed by atoms with E-state index in [0.29, 0.717) is 42.6 Å². The molecule has 2 aromatic heterocycles. The number of anilines is 3. The van der Waals surface area contributed by atoms with Crippen molar-refractivity contribution in [3.8, 4) is 17.3 Å². The van der Waals surface area contributed by atoms with Gasteiger partial charge in [0, 0.05) is 50.0 Å². The Morgan fingerprint density at radius 3 is 2.42 bits per heavy atom. The predicted molar refractivity (Wildman–Crippen MR) is 192 cm³/mol. The van der Waals surface area contributed by atoms with E-state index in [-0.39, 0.29) is 10.6 Å². The lowest BCUT2D eigenvalue weighted by Crippen LogP contribution is -2.46. The molecule has 1 atom stereocenters. The van der Waals surface area contributed by atoms with E-state index in [1.54, 1.807) is 24.3 Å². The molecule has 0 unspecified atom stereocenters. The molecule has 0 radical (unpaired) electrons. The van der Waals surface area contributed by atoms with Crippen LogP contribution in [0.1, 0.15) is 85.6 Å². The van der Waals surface area contributed by atoms with E-state index in [9.17, 15) is 10.1 Å². The van der Waals surface area contributed by atoms with Gasteiger partial charge < -0.3 is 19.2 Å². The van der Waals surface area contributed by atoms with Crippen LogP contribution in [-0.4, -0.2) is 65.6 Å². The Morgan fingerprint density at radius 2 is 1.81 bits per heavy atom. The van der Waals surface area contributed by atoms with Crippen LogP contribution in [0.5, 0.6) is 0 Å². The highest BCUT2D eigenvalue weighted by Gasteiger charge is 2.47. The molecule has 1 aromatic carbocycles. The van der Waals surface area contributed by atoms with Crippen molar-refractivity contribution in [3.05, 3.63) is 47.3 Å². The van der Waals surface area contributed by atoms with E-state index in [4.69, 9.17) is 18.9 Å². The van der Waals surface area contributed by atoms with Crippen LogP contribution in [0.2, 0.25) is 18.1 Å². The number of hydrogen-bond acceptors (Lipinski definition) is 9. The maximum Gasteiger partial charge on any atom is 0.414 e. The van der Waals surface area contributed by atoms with Gasteiger partial charge in [-0.2, -0.15) is 10.4 Å². The minimum atomic E-state index is -2.14. The smallest absolute Gasteiger partial charge is 0.414 e. The third kappa shape index (κ3) is 8.25. The first-order chi connectivity index (χ1) is 22.1. The third-order valence-electron chi connectivity index (χ3n) is 9.40. The van der Waals surface area contributed by atoms with Crippen LogP contribution in [0, 0.1) is 18.3 Å². The third-order valence-corrected chi connectivity index (χ3v) is 13.9. The quantitative estimate of drug-likeness (QED) is 0.212. The Balaban J connectivity index is 1.75. The van der Waals surface area contributed by atoms with Gasteiger partial charge in [0.2, 0.25) is 5.95 Å². The highest BCUT2D eigenvalue weighted by atomic mass is 28.4. The molecule has 1 aliphatic rings. The van der Waals surface area contributed by atoms with Crippen LogP contribution in [0.4, 0.5) is 22.2 Å². The van der Waals surface area contributed by atoms with Gasteiger partial charge in [0.25, 0.3) is 0 Å². The van der Waals surface area contributed by atoms with E-state index in [1.807, 2.05) is 64.4 Å². The zero-order valence-electron chi connectivity index (χ0n) is 31.0. The van der Waals surface area contributed by atoms with E-state index < -0.39 is 25.4 Å². The van der Waals surface area contributed by atoms with Gasteiger partial charge in [-0.15, -0.1) is 0 Å². The molecule has 3 heterocycles. The van der Waals surface area contributed by atoms with Crippen LogP contribution in [0.15, 0.2) is 30.5 Å². The number of carbonyl (C=O) groups excluding carboxylic acids is 1. The molecule has 0 saturated carbocycles. The van der Waals surface area contributed by atoms with Crippen LogP contribution >= 0.6 is 0 Å². The molecule has 4 rings (SSSR count). The Labute approximate surface area is 287 Å². The molecule has 12 heteroatoms. The number of nitrogens with zero attached hydrogens (tertiary/aromatic N) is 6. The number of aryl methyl sites for hydroxylation is 2. The topological polar surface area (TPSA) is 127 Å². The van der Waals surface area contributed by atoms with Crippen LogP contribution < -0.4 is 10.2 Å². The summed E-state index contributed by atoms with van der Waals surface area (Å²) in [6.45, 7) is 26.1. The maximum absolute atomic E-state index is 13.6. The number of benzene rings is 1. The number of rotatable bonds is 10. The second-order valence-corrected chi connectivity index (χ2v) is 21.0.